The van der Waals surface area contributed by atoms with Crippen LogP contribution >= 0.6 is 0 Å². The predicted octanol–water partition coefficient (Wildman–Crippen LogP) is 1.14. The molecule has 0 amide bonds. The van der Waals surface area contributed by atoms with Crippen LogP contribution in [-0.4, -0.2) is 38.0 Å². The molecule has 1 N–H and O–H groups in total. The summed E-state index contributed by atoms with van der Waals surface area (Å²) in [5.74, 6) is 0.265. The first-order valence-electron chi connectivity index (χ1n) is 6.02. The molecule has 104 valence electrons. The van der Waals surface area contributed by atoms with Crippen molar-refractivity contribution in [1.82, 2.24) is 4.31 Å². The van der Waals surface area contributed by atoms with E-state index in [2.05, 4.69) is 0 Å². The van der Waals surface area contributed by atoms with Gasteiger partial charge in [0.25, 0.3) is 0 Å². The predicted molar refractivity (Wildman–Crippen MR) is 71.4 cm³/mol. The third-order valence-electron chi connectivity index (χ3n) is 3.05. The molecule has 0 radical (unpaired) electrons. The van der Waals surface area contributed by atoms with Crippen LogP contribution in [0, 0.1) is 0 Å². The van der Waals surface area contributed by atoms with Gasteiger partial charge in [-0.15, -0.1) is 0 Å². The van der Waals surface area contributed by atoms with E-state index in [1.807, 2.05) is 12.2 Å². The molecule has 1 aliphatic heterocycles. The second kappa shape index (κ2) is 5.73. The highest BCUT2D eigenvalue weighted by Gasteiger charge is 2.27. The van der Waals surface area contributed by atoms with Crippen LogP contribution in [0.4, 0.5) is 0 Å². The Morgan fingerprint density at radius 3 is 2.74 bits per heavy atom. The van der Waals surface area contributed by atoms with E-state index in [-0.39, 0.29) is 17.3 Å². The molecule has 0 aliphatic carbocycles. The van der Waals surface area contributed by atoms with E-state index in [4.69, 9.17) is 9.84 Å². The molecule has 0 saturated heterocycles. The van der Waals surface area contributed by atoms with Crippen molar-refractivity contribution in [2.45, 2.75) is 17.9 Å². The van der Waals surface area contributed by atoms with Gasteiger partial charge >= 0.3 is 0 Å². The first-order chi connectivity index (χ1) is 9.09. The molecule has 1 aliphatic rings. The number of hydrogen-bond donors (Lipinski definition) is 1. The number of sulfonamides is 1. The van der Waals surface area contributed by atoms with Gasteiger partial charge in [-0.05, 0) is 24.1 Å². The van der Waals surface area contributed by atoms with Gasteiger partial charge in [-0.1, -0.05) is 18.2 Å². The van der Waals surface area contributed by atoms with Crippen molar-refractivity contribution in [2.24, 2.45) is 0 Å². The van der Waals surface area contributed by atoms with Gasteiger partial charge in [-0.3, -0.25) is 0 Å². The number of hydrogen-bond acceptors (Lipinski definition) is 4. The lowest BCUT2D eigenvalue weighted by Crippen LogP contribution is -2.34. The molecule has 1 heterocycles. The molecular formula is C13H17NO4S. The average Bonchev–Trinajstić information content (AvgIpc) is 2.47. The fraction of sp³-hybridized carbons (Fsp3) is 0.385. The van der Waals surface area contributed by atoms with Crippen molar-refractivity contribution in [1.29, 1.82) is 0 Å². The van der Waals surface area contributed by atoms with Crippen LogP contribution in [-0.2, 0) is 16.6 Å². The van der Waals surface area contributed by atoms with Crippen molar-refractivity contribution >= 4 is 10.0 Å². The van der Waals surface area contributed by atoms with E-state index in [9.17, 15) is 8.42 Å². The Balaban J connectivity index is 2.42. The Morgan fingerprint density at radius 1 is 1.37 bits per heavy atom. The number of rotatable bonds is 4. The maximum Gasteiger partial charge on any atom is 0.247 e. The van der Waals surface area contributed by atoms with Crippen LogP contribution in [0.2, 0.25) is 0 Å². The molecule has 0 saturated carbocycles. The van der Waals surface area contributed by atoms with E-state index in [1.54, 1.807) is 12.1 Å². The van der Waals surface area contributed by atoms with Gasteiger partial charge in [0.1, 0.15) is 10.6 Å². The fourth-order valence-electron chi connectivity index (χ4n) is 2.00. The first kappa shape index (κ1) is 14.0. The number of benzene rings is 1. The zero-order chi connectivity index (χ0) is 13.9. The highest BCUT2D eigenvalue weighted by molar-refractivity contribution is 7.89. The van der Waals surface area contributed by atoms with Crippen LogP contribution < -0.4 is 4.74 Å². The molecule has 0 spiro atoms. The monoisotopic (exact) mass is 283 g/mol. The van der Waals surface area contributed by atoms with Crippen molar-refractivity contribution < 1.29 is 18.3 Å². The third-order valence-corrected chi connectivity index (χ3v) is 4.95. The second-order valence-corrected chi connectivity index (χ2v) is 6.17. The summed E-state index contributed by atoms with van der Waals surface area (Å²) >= 11 is 0. The van der Waals surface area contributed by atoms with E-state index >= 15 is 0 Å². The highest BCUT2D eigenvalue weighted by Crippen LogP contribution is 2.28. The smallest absolute Gasteiger partial charge is 0.247 e. The van der Waals surface area contributed by atoms with Gasteiger partial charge in [0.2, 0.25) is 10.0 Å². The zero-order valence-corrected chi connectivity index (χ0v) is 11.6. The lowest BCUT2D eigenvalue weighted by atomic mass is 10.2. The molecular weight excluding hydrogens is 266 g/mol. The molecule has 0 unspecified atom stereocenters. The van der Waals surface area contributed by atoms with Gasteiger partial charge < -0.3 is 9.84 Å². The SMILES string of the molecule is COc1cc(CO)ccc1S(=O)(=O)N1CC=CCC1. The Kier molecular flexibility index (Phi) is 4.24. The van der Waals surface area contributed by atoms with Crippen LogP contribution in [0.15, 0.2) is 35.2 Å². The van der Waals surface area contributed by atoms with Gasteiger partial charge in [-0.25, -0.2) is 8.42 Å². The third kappa shape index (κ3) is 2.80. The summed E-state index contributed by atoms with van der Waals surface area (Å²) in [7, 11) is -2.13. The maximum absolute atomic E-state index is 12.5. The summed E-state index contributed by atoms with van der Waals surface area (Å²) in [6, 6.07) is 4.62. The quantitative estimate of drug-likeness (QED) is 0.841. The Morgan fingerprint density at radius 2 is 2.16 bits per heavy atom. The minimum Gasteiger partial charge on any atom is -0.495 e. The largest absolute Gasteiger partial charge is 0.495 e. The van der Waals surface area contributed by atoms with E-state index in [0.717, 1.165) is 6.42 Å². The van der Waals surface area contributed by atoms with Crippen LogP contribution in [0.1, 0.15) is 12.0 Å². The van der Waals surface area contributed by atoms with E-state index < -0.39 is 10.0 Å². The maximum atomic E-state index is 12.5. The summed E-state index contributed by atoms with van der Waals surface area (Å²) in [4.78, 5) is 0.141. The Labute approximate surface area is 113 Å². The average molecular weight is 283 g/mol. The minimum atomic E-state index is -3.55. The van der Waals surface area contributed by atoms with Gasteiger partial charge in [0.05, 0.1) is 13.7 Å². The number of ether oxygens (including phenoxy) is 1. The molecule has 1 aromatic rings. The summed E-state index contributed by atoms with van der Waals surface area (Å²) in [6.07, 6.45) is 4.53. The molecule has 5 nitrogen and oxygen atoms in total. The van der Waals surface area contributed by atoms with Crippen LogP contribution in [0.5, 0.6) is 5.75 Å². The van der Waals surface area contributed by atoms with E-state index in [1.165, 1.54) is 17.5 Å². The highest BCUT2D eigenvalue weighted by atomic mass is 32.2. The summed E-state index contributed by atoms with van der Waals surface area (Å²) in [5.41, 5.74) is 0.620. The topological polar surface area (TPSA) is 66.8 Å². The second-order valence-electron chi connectivity index (χ2n) is 4.27. The summed E-state index contributed by atoms with van der Waals surface area (Å²) in [5, 5.41) is 9.08. The summed E-state index contributed by atoms with van der Waals surface area (Å²) < 4.78 is 31.6. The number of methoxy groups -OCH3 is 1. The van der Waals surface area contributed by atoms with Crippen molar-refractivity contribution in [3.63, 3.8) is 0 Å². The molecule has 0 aromatic heterocycles. The molecule has 19 heavy (non-hydrogen) atoms. The van der Waals surface area contributed by atoms with Crippen molar-refractivity contribution in [3.8, 4) is 5.75 Å². The lowest BCUT2D eigenvalue weighted by molar-refractivity contribution is 0.280. The molecule has 0 bridgehead atoms. The number of nitrogens with zero attached hydrogens (tertiary/aromatic N) is 1. The van der Waals surface area contributed by atoms with Gasteiger partial charge in [0.15, 0.2) is 0 Å². The zero-order valence-electron chi connectivity index (χ0n) is 10.7. The normalized spacial score (nSPS) is 16.5. The molecule has 6 heteroatoms. The van der Waals surface area contributed by atoms with Gasteiger partial charge in [-0.2, -0.15) is 4.31 Å². The van der Waals surface area contributed by atoms with Crippen molar-refractivity contribution in [2.75, 3.05) is 20.2 Å². The van der Waals surface area contributed by atoms with Crippen LogP contribution in [0.25, 0.3) is 0 Å². The molecule has 0 fully saturated rings. The Hall–Kier alpha value is -1.37. The number of aliphatic hydroxyl groups excluding tert-OH is 1. The summed E-state index contributed by atoms with van der Waals surface area (Å²) in [6.45, 7) is 0.708. The Bertz CT molecular complexity index is 580. The van der Waals surface area contributed by atoms with Crippen LogP contribution in [0.3, 0.4) is 0 Å². The van der Waals surface area contributed by atoms with E-state index in [0.29, 0.717) is 18.7 Å². The molecule has 1 aromatic carbocycles. The van der Waals surface area contributed by atoms with Gasteiger partial charge in [0, 0.05) is 13.1 Å². The minimum absolute atomic E-state index is 0.141. The first-order valence-corrected chi connectivity index (χ1v) is 7.46. The lowest BCUT2D eigenvalue weighted by Gasteiger charge is -2.23. The van der Waals surface area contributed by atoms with Crippen molar-refractivity contribution in [3.05, 3.63) is 35.9 Å². The number of aliphatic hydroxyl groups is 1. The molecule has 2 rings (SSSR count). The standard InChI is InChI=1S/C13H17NO4S/c1-18-12-9-11(10-15)5-6-13(12)19(16,17)14-7-3-2-4-8-14/h2-3,5-6,9,15H,4,7-8,10H2,1H3. The molecule has 0 atom stereocenters. The fourth-order valence-corrected chi connectivity index (χ4v) is 3.54.